The summed E-state index contributed by atoms with van der Waals surface area (Å²) in [6.45, 7) is 3.94. The summed E-state index contributed by atoms with van der Waals surface area (Å²) in [5.74, 6) is 0.730. The second-order valence-corrected chi connectivity index (χ2v) is 4.44. The van der Waals surface area contributed by atoms with Crippen molar-refractivity contribution in [3.8, 4) is 16.9 Å². The maximum absolute atomic E-state index is 11.0. The van der Waals surface area contributed by atoms with Gasteiger partial charge in [0.15, 0.2) is 0 Å². The fraction of sp³-hybridized carbons (Fsp3) is 0.188. The molecule has 2 heteroatoms. The van der Waals surface area contributed by atoms with Gasteiger partial charge in [-0.25, -0.2) is 0 Å². The lowest BCUT2D eigenvalue weighted by atomic mass is 10.0. The molecule has 2 nitrogen and oxygen atoms in total. The molecule has 0 fully saturated rings. The number of hydrogen-bond acceptors (Lipinski definition) is 2. The summed E-state index contributed by atoms with van der Waals surface area (Å²) in [4.78, 5) is 11.0. The zero-order valence-corrected chi connectivity index (χ0v) is 10.6. The van der Waals surface area contributed by atoms with Crippen LogP contribution in [0.2, 0.25) is 0 Å². The molecule has 0 saturated heterocycles. The second-order valence-electron chi connectivity index (χ2n) is 4.44. The van der Waals surface area contributed by atoms with Crippen molar-refractivity contribution < 1.29 is 9.53 Å². The van der Waals surface area contributed by atoms with E-state index in [1.165, 1.54) is 0 Å². The largest absolute Gasteiger partial charge is 0.491 e. The molecule has 0 amide bonds. The van der Waals surface area contributed by atoms with Crippen molar-refractivity contribution in [3.05, 3.63) is 54.1 Å². The number of aldehydes is 1. The van der Waals surface area contributed by atoms with Crippen molar-refractivity contribution in [1.29, 1.82) is 0 Å². The lowest BCUT2D eigenvalue weighted by Gasteiger charge is -2.12. The summed E-state index contributed by atoms with van der Waals surface area (Å²) in [7, 11) is 0. The highest BCUT2D eigenvalue weighted by Gasteiger charge is 2.05. The Labute approximate surface area is 107 Å². The predicted octanol–water partition coefficient (Wildman–Crippen LogP) is 3.95. The van der Waals surface area contributed by atoms with Gasteiger partial charge in [0.25, 0.3) is 0 Å². The van der Waals surface area contributed by atoms with E-state index in [1.807, 2.05) is 56.3 Å². The molecule has 0 bridgehead atoms. The third kappa shape index (κ3) is 2.98. The van der Waals surface area contributed by atoms with Crippen LogP contribution in [0.15, 0.2) is 48.5 Å². The Kier molecular flexibility index (Phi) is 3.78. The first-order valence-electron chi connectivity index (χ1n) is 6.01. The van der Waals surface area contributed by atoms with Crippen LogP contribution < -0.4 is 4.74 Å². The van der Waals surface area contributed by atoms with Gasteiger partial charge in [0.1, 0.15) is 12.0 Å². The van der Waals surface area contributed by atoms with Gasteiger partial charge >= 0.3 is 0 Å². The Bertz CT molecular complexity index is 530. The molecule has 2 rings (SSSR count). The van der Waals surface area contributed by atoms with E-state index in [0.717, 1.165) is 23.2 Å². The molecule has 2 aromatic rings. The number of ether oxygens (including phenoxy) is 1. The average molecular weight is 240 g/mol. The Morgan fingerprint density at radius 2 is 1.72 bits per heavy atom. The predicted molar refractivity (Wildman–Crippen MR) is 73.0 cm³/mol. The van der Waals surface area contributed by atoms with Crippen LogP contribution in [0.4, 0.5) is 0 Å². The Hall–Kier alpha value is -2.09. The van der Waals surface area contributed by atoms with Crippen molar-refractivity contribution >= 4 is 6.29 Å². The first kappa shape index (κ1) is 12.4. The van der Waals surface area contributed by atoms with Crippen LogP contribution in [0.3, 0.4) is 0 Å². The van der Waals surface area contributed by atoms with E-state index in [2.05, 4.69) is 0 Å². The van der Waals surface area contributed by atoms with Crippen LogP contribution in [0.1, 0.15) is 24.2 Å². The van der Waals surface area contributed by atoms with Crippen molar-refractivity contribution in [2.24, 2.45) is 0 Å². The highest BCUT2D eigenvalue weighted by Crippen LogP contribution is 2.26. The summed E-state index contributed by atoms with van der Waals surface area (Å²) in [6.07, 6.45) is 0.940. The quantitative estimate of drug-likeness (QED) is 0.756. The van der Waals surface area contributed by atoms with Crippen LogP contribution in [0.25, 0.3) is 11.1 Å². The van der Waals surface area contributed by atoms with E-state index in [4.69, 9.17) is 4.74 Å². The van der Waals surface area contributed by atoms with Crippen LogP contribution in [-0.2, 0) is 0 Å². The number of rotatable bonds is 4. The molecule has 0 aliphatic heterocycles. The summed E-state index contributed by atoms with van der Waals surface area (Å²) in [5.41, 5.74) is 2.71. The maximum Gasteiger partial charge on any atom is 0.150 e. The minimum Gasteiger partial charge on any atom is -0.491 e. The Morgan fingerprint density at radius 3 is 2.33 bits per heavy atom. The molecular weight excluding hydrogens is 224 g/mol. The summed E-state index contributed by atoms with van der Waals surface area (Å²) in [5, 5.41) is 0. The number of hydrogen-bond donors (Lipinski definition) is 0. The molecule has 0 spiro atoms. The minimum atomic E-state index is 0.0931. The van der Waals surface area contributed by atoms with Gasteiger partial charge < -0.3 is 4.74 Å². The van der Waals surface area contributed by atoms with E-state index in [0.29, 0.717) is 5.56 Å². The van der Waals surface area contributed by atoms with E-state index >= 15 is 0 Å². The summed E-state index contributed by atoms with van der Waals surface area (Å²) >= 11 is 0. The number of carbonyl (C=O) groups is 1. The van der Waals surface area contributed by atoms with Crippen molar-refractivity contribution in [2.45, 2.75) is 20.0 Å². The molecule has 0 heterocycles. The van der Waals surface area contributed by atoms with E-state index in [-0.39, 0.29) is 6.10 Å². The molecule has 92 valence electrons. The molecule has 0 atom stereocenters. The second kappa shape index (κ2) is 5.50. The Morgan fingerprint density at radius 1 is 1.00 bits per heavy atom. The third-order valence-electron chi connectivity index (χ3n) is 2.54. The fourth-order valence-corrected chi connectivity index (χ4v) is 1.83. The van der Waals surface area contributed by atoms with Gasteiger partial charge in [-0.2, -0.15) is 0 Å². The highest BCUT2D eigenvalue weighted by molar-refractivity contribution is 5.80. The van der Waals surface area contributed by atoms with E-state index in [9.17, 15) is 4.79 Å². The molecule has 0 radical (unpaired) electrons. The van der Waals surface area contributed by atoms with Gasteiger partial charge in [0.2, 0.25) is 0 Å². The lowest BCUT2D eigenvalue weighted by molar-refractivity contribution is 0.112. The molecule has 0 N–H and O–H groups in total. The smallest absolute Gasteiger partial charge is 0.150 e. The standard InChI is InChI=1S/C16H16O2/c1-12(2)18-16-9-13(11-17)8-15(10-16)14-6-4-3-5-7-14/h3-12H,1-2H3. The first-order valence-corrected chi connectivity index (χ1v) is 6.01. The van der Waals surface area contributed by atoms with Gasteiger partial charge in [-0.05, 0) is 43.2 Å². The van der Waals surface area contributed by atoms with Gasteiger partial charge in [0.05, 0.1) is 6.10 Å². The van der Waals surface area contributed by atoms with Crippen LogP contribution in [-0.4, -0.2) is 12.4 Å². The number of carbonyl (C=O) groups excluding carboxylic acids is 1. The maximum atomic E-state index is 11.0. The molecule has 0 aromatic heterocycles. The Balaban J connectivity index is 2.44. The van der Waals surface area contributed by atoms with Crippen LogP contribution >= 0.6 is 0 Å². The molecule has 0 unspecified atom stereocenters. The normalized spacial score (nSPS) is 10.4. The van der Waals surface area contributed by atoms with Gasteiger partial charge in [-0.1, -0.05) is 30.3 Å². The zero-order chi connectivity index (χ0) is 13.0. The van der Waals surface area contributed by atoms with Gasteiger partial charge in [-0.3, -0.25) is 4.79 Å². The zero-order valence-electron chi connectivity index (χ0n) is 10.6. The lowest BCUT2D eigenvalue weighted by Crippen LogP contribution is -2.05. The molecule has 0 aliphatic carbocycles. The SMILES string of the molecule is CC(C)Oc1cc(C=O)cc(-c2ccccc2)c1. The van der Waals surface area contributed by atoms with Crippen molar-refractivity contribution in [3.63, 3.8) is 0 Å². The van der Waals surface area contributed by atoms with Crippen LogP contribution in [0.5, 0.6) is 5.75 Å². The molecule has 0 saturated carbocycles. The molecular formula is C16H16O2. The molecule has 18 heavy (non-hydrogen) atoms. The third-order valence-corrected chi connectivity index (χ3v) is 2.54. The van der Waals surface area contributed by atoms with Crippen molar-refractivity contribution in [2.75, 3.05) is 0 Å². The monoisotopic (exact) mass is 240 g/mol. The fourth-order valence-electron chi connectivity index (χ4n) is 1.83. The molecule has 0 aliphatic rings. The van der Waals surface area contributed by atoms with E-state index < -0.39 is 0 Å². The minimum absolute atomic E-state index is 0.0931. The summed E-state index contributed by atoms with van der Waals surface area (Å²) in [6, 6.07) is 15.6. The van der Waals surface area contributed by atoms with Crippen molar-refractivity contribution in [1.82, 2.24) is 0 Å². The molecule has 2 aromatic carbocycles. The highest BCUT2D eigenvalue weighted by atomic mass is 16.5. The van der Waals surface area contributed by atoms with Crippen LogP contribution in [0, 0.1) is 0 Å². The van der Waals surface area contributed by atoms with Gasteiger partial charge in [0, 0.05) is 5.56 Å². The van der Waals surface area contributed by atoms with E-state index in [1.54, 1.807) is 6.07 Å². The average Bonchev–Trinajstić information content (AvgIpc) is 2.38. The van der Waals surface area contributed by atoms with Gasteiger partial charge in [-0.15, -0.1) is 0 Å². The first-order chi connectivity index (χ1) is 8.69. The topological polar surface area (TPSA) is 26.3 Å². The summed E-state index contributed by atoms with van der Waals surface area (Å²) < 4.78 is 5.66. The number of benzene rings is 2.